The van der Waals surface area contributed by atoms with E-state index >= 15 is 0 Å². The molecule has 0 saturated carbocycles. The van der Waals surface area contributed by atoms with Gasteiger partial charge in [-0.3, -0.25) is 0 Å². The van der Waals surface area contributed by atoms with Gasteiger partial charge in [0.1, 0.15) is 0 Å². The Morgan fingerprint density at radius 2 is 1.57 bits per heavy atom. The summed E-state index contributed by atoms with van der Waals surface area (Å²) in [6, 6.07) is 24.2. The van der Waals surface area contributed by atoms with Gasteiger partial charge in [0.2, 0.25) is 0 Å². The maximum atomic E-state index is 2.33. The topological polar surface area (TPSA) is 3.24 Å². The van der Waals surface area contributed by atoms with Crippen molar-refractivity contribution < 1.29 is 0 Å². The monoisotopic (exact) mass is 321 g/mol. The minimum absolute atomic E-state index is 1.14. The van der Waals surface area contributed by atoms with Crippen LogP contribution in [0.1, 0.15) is 12.0 Å². The zero-order chi connectivity index (χ0) is 16.1. The van der Waals surface area contributed by atoms with Crippen LogP contribution in [0.5, 0.6) is 0 Å². The van der Waals surface area contributed by atoms with Crippen molar-refractivity contribution in [2.75, 3.05) is 20.6 Å². The van der Waals surface area contributed by atoms with E-state index in [2.05, 4.69) is 85.7 Å². The lowest BCUT2D eigenvalue weighted by atomic mass is 10.1. The van der Waals surface area contributed by atoms with Gasteiger partial charge < -0.3 is 4.90 Å². The fourth-order valence-electron chi connectivity index (χ4n) is 2.73. The highest BCUT2D eigenvalue weighted by Crippen LogP contribution is 2.30. The normalized spacial score (nSPS) is 11.3. The average molecular weight is 321 g/mol. The van der Waals surface area contributed by atoms with Crippen molar-refractivity contribution in [3.05, 3.63) is 72.3 Å². The molecule has 1 nitrogen and oxygen atoms in total. The zero-order valence-electron chi connectivity index (χ0n) is 13.8. The van der Waals surface area contributed by atoms with Crippen LogP contribution in [0, 0.1) is 0 Å². The van der Waals surface area contributed by atoms with E-state index in [0.29, 0.717) is 0 Å². The third-order valence-electron chi connectivity index (χ3n) is 3.93. The van der Waals surface area contributed by atoms with E-state index < -0.39 is 0 Å². The van der Waals surface area contributed by atoms with Crippen LogP contribution in [0.25, 0.3) is 10.8 Å². The van der Waals surface area contributed by atoms with Crippen molar-refractivity contribution in [1.29, 1.82) is 0 Å². The summed E-state index contributed by atoms with van der Waals surface area (Å²) >= 11 is 1.85. The number of nitrogens with zero attached hydrogens (tertiary/aromatic N) is 1. The van der Waals surface area contributed by atoms with Crippen LogP contribution in [0.2, 0.25) is 0 Å². The maximum Gasteiger partial charge on any atom is 0.0128 e. The molecule has 0 aliphatic heterocycles. The van der Waals surface area contributed by atoms with Gasteiger partial charge >= 0.3 is 0 Å². The summed E-state index contributed by atoms with van der Waals surface area (Å²) in [6.45, 7) is 1.14. The number of aryl methyl sites for hydroxylation is 1. The second-order valence-corrected chi connectivity index (χ2v) is 7.31. The van der Waals surface area contributed by atoms with E-state index in [-0.39, 0.29) is 0 Å². The number of hydrogen-bond donors (Lipinski definition) is 0. The van der Waals surface area contributed by atoms with Crippen molar-refractivity contribution in [2.45, 2.75) is 22.6 Å². The smallest absolute Gasteiger partial charge is 0.0128 e. The summed E-state index contributed by atoms with van der Waals surface area (Å²) in [4.78, 5) is 4.87. The Bertz CT molecular complexity index is 779. The molecule has 0 bridgehead atoms. The van der Waals surface area contributed by atoms with Gasteiger partial charge in [0.15, 0.2) is 0 Å². The fourth-order valence-corrected chi connectivity index (χ4v) is 3.68. The summed E-state index contributed by atoms with van der Waals surface area (Å²) in [5.74, 6) is 0. The van der Waals surface area contributed by atoms with Crippen LogP contribution in [-0.2, 0) is 6.42 Å². The van der Waals surface area contributed by atoms with Crippen molar-refractivity contribution in [3.63, 3.8) is 0 Å². The first-order valence-electron chi connectivity index (χ1n) is 8.11. The first-order valence-corrected chi connectivity index (χ1v) is 8.93. The molecule has 0 amide bonds. The zero-order valence-corrected chi connectivity index (χ0v) is 14.6. The van der Waals surface area contributed by atoms with Crippen molar-refractivity contribution >= 4 is 22.5 Å². The molecular formula is C21H23NS. The van der Waals surface area contributed by atoms with Gasteiger partial charge in [0.05, 0.1) is 0 Å². The first-order chi connectivity index (χ1) is 11.2. The Morgan fingerprint density at radius 1 is 0.783 bits per heavy atom. The summed E-state index contributed by atoms with van der Waals surface area (Å²) in [7, 11) is 4.26. The minimum Gasteiger partial charge on any atom is -0.309 e. The third kappa shape index (κ3) is 4.60. The van der Waals surface area contributed by atoms with Gasteiger partial charge in [0, 0.05) is 9.79 Å². The predicted octanol–water partition coefficient (Wildman–Crippen LogP) is 5.49. The fraction of sp³-hybridized carbons (Fsp3) is 0.238. The lowest BCUT2D eigenvalue weighted by molar-refractivity contribution is 0.400. The summed E-state index contributed by atoms with van der Waals surface area (Å²) in [6.07, 6.45) is 2.35. The van der Waals surface area contributed by atoms with Crippen LogP contribution in [0.15, 0.2) is 76.5 Å². The number of hydrogen-bond acceptors (Lipinski definition) is 2. The highest BCUT2D eigenvalue weighted by Gasteiger charge is 2.01. The molecule has 0 spiro atoms. The van der Waals surface area contributed by atoms with Crippen molar-refractivity contribution in [2.24, 2.45) is 0 Å². The van der Waals surface area contributed by atoms with Gasteiger partial charge in [0.25, 0.3) is 0 Å². The molecular weight excluding hydrogens is 298 g/mol. The van der Waals surface area contributed by atoms with Crippen LogP contribution >= 0.6 is 11.8 Å². The molecule has 2 heteroatoms. The van der Waals surface area contributed by atoms with Crippen molar-refractivity contribution in [1.82, 2.24) is 4.90 Å². The highest BCUT2D eigenvalue weighted by atomic mass is 32.2. The molecule has 0 radical (unpaired) electrons. The first kappa shape index (κ1) is 16.1. The molecule has 0 atom stereocenters. The molecule has 0 aliphatic rings. The lowest BCUT2D eigenvalue weighted by Crippen LogP contribution is -2.13. The van der Waals surface area contributed by atoms with Gasteiger partial charge in [-0.1, -0.05) is 54.2 Å². The number of rotatable bonds is 6. The second-order valence-electron chi connectivity index (χ2n) is 6.17. The standard InChI is InChI=1S/C21H23NS/c1-22(2)14-6-8-17-7-5-11-20(15-17)23-21-13-12-18-9-3-4-10-19(18)16-21/h3-5,7,9-13,15-16H,6,8,14H2,1-2H3. The predicted molar refractivity (Wildman–Crippen MR) is 101 cm³/mol. The van der Waals surface area contributed by atoms with Crippen LogP contribution in [0.4, 0.5) is 0 Å². The van der Waals surface area contributed by atoms with E-state index in [1.165, 1.54) is 32.5 Å². The Kier molecular flexibility index (Phi) is 5.37. The van der Waals surface area contributed by atoms with E-state index in [1.54, 1.807) is 0 Å². The molecule has 0 aliphatic carbocycles. The molecule has 0 N–H and O–H groups in total. The SMILES string of the molecule is CN(C)CCCc1cccc(Sc2ccc3ccccc3c2)c1. The van der Waals surface area contributed by atoms with Crippen molar-refractivity contribution in [3.8, 4) is 0 Å². The number of fused-ring (bicyclic) bond motifs is 1. The minimum atomic E-state index is 1.14. The summed E-state index contributed by atoms with van der Waals surface area (Å²) in [5, 5.41) is 2.61. The Hall–Kier alpha value is -1.77. The van der Waals surface area contributed by atoms with Gasteiger partial charge in [-0.15, -0.1) is 0 Å². The lowest BCUT2D eigenvalue weighted by Gasteiger charge is -2.10. The molecule has 3 rings (SSSR count). The molecule has 0 aromatic heterocycles. The largest absolute Gasteiger partial charge is 0.309 e. The van der Waals surface area contributed by atoms with Gasteiger partial charge in [-0.25, -0.2) is 0 Å². The van der Waals surface area contributed by atoms with Gasteiger partial charge in [-0.2, -0.15) is 0 Å². The van der Waals surface area contributed by atoms with E-state index in [9.17, 15) is 0 Å². The Morgan fingerprint density at radius 3 is 2.39 bits per heavy atom. The highest BCUT2D eigenvalue weighted by molar-refractivity contribution is 7.99. The van der Waals surface area contributed by atoms with E-state index in [4.69, 9.17) is 0 Å². The molecule has 0 heterocycles. The van der Waals surface area contributed by atoms with Crippen LogP contribution < -0.4 is 0 Å². The Balaban J connectivity index is 1.71. The van der Waals surface area contributed by atoms with Gasteiger partial charge in [-0.05, 0) is 74.1 Å². The van der Waals surface area contributed by atoms with E-state index in [1.807, 2.05) is 11.8 Å². The van der Waals surface area contributed by atoms with Crippen LogP contribution in [-0.4, -0.2) is 25.5 Å². The molecule has 118 valence electrons. The summed E-state index contributed by atoms with van der Waals surface area (Å²) < 4.78 is 0. The second kappa shape index (κ2) is 7.67. The number of benzene rings is 3. The Labute approximate surface area is 143 Å². The molecule has 3 aromatic rings. The molecule has 0 saturated heterocycles. The summed E-state index contributed by atoms with van der Waals surface area (Å²) in [5.41, 5.74) is 1.43. The quantitative estimate of drug-likeness (QED) is 0.591. The third-order valence-corrected chi connectivity index (χ3v) is 4.91. The van der Waals surface area contributed by atoms with E-state index in [0.717, 1.165) is 13.0 Å². The molecule has 23 heavy (non-hydrogen) atoms. The molecule has 0 unspecified atom stereocenters. The molecule has 3 aromatic carbocycles. The maximum absolute atomic E-state index is 2.33. The van der Waals surface area contributed by atoms with Crippen LogP contribution in [0.3, 0.4) is 0 Å². The molecule has 0 fully saturated rings. The average Bonchev–Trinajstić information content (AvgIpc) is 2.55.